The van der Waals surface area contributed by atoms with Gasteiger partial charge in [0.05, 0.1) is 13.0 Å². The van der Waals surface area contributed by atoms with E-state index in [2.05, 4.69) is 10.6 Å². The van der Waals surface area contributed by atoms with Crippen molar-refractivity contribution < 1.29 is 27.6 Å². The fraction of sp³-hybridized carbons (Fsp3) is 0.167. The molecule has 0 aromatic heterocycles. The molecule has 0 radical (unpaired) electrons. The van der Waals surface area contributed by atoms with Gasteiger partial charge in [-0.1, -0.05) is 30.3 Å². The summed E-state index contributed by atoms with van der Waals surface area (Å²) in [6.07, 6.45) is -0.434. The number of carbonyl (C=O) groups is 3. The van der Waals surface area contributed by atoms with Gasteiger partial charge in [-0.25, -0.2) is 18.0 Å². The zero-order chi connectivity index (χ0) is 19.6. The molecule has 2 N–H and O–H groups in total. The summed E-state index contributed by atoms with van der Waals surface area (Å²) in [5, 5.41) is 4.56. The molecule has 0 spiro atoms. The van der Waals surface area contributed by atoms with Crippen molar-refractivity contribution in [2.75, 3.05) is 5.32 Å². The van der Waals surface area contributed by atoms with Gasteiger partial charge in [-0.05, 0) is 5.56 Å². The first-order valence-corrected chi connectivity index (χ1v) is 7.95. The highest BCUT2D eigenvalue weighted by Crippen LogP contribution is 2.19. The van der Waals surface area contributed by atoms with Gasteiger partial charge in [0, 0.05) is 17.8 Å². The lowest BCUT2D eigenvalue weighted by atomic mass is 10.1. The first-order chi connectivity index (χ1) is 12.8. The Bertz CT molecular complexity index is 882. The number of hydrogen-bond donors (Lipinski definition) is 2. The van der Waals surface area contributed by atoms with E-state index in [1.807, 2.05) is 0 Å². The molecule has 1 atom stereocenters. The van der Waals surface area contributed by atoms with Crippen LogP contribution in [-0.2, 0) is 16.1 Å². The first-order valence-electron chi connectivity index (χ1n) is 7.95. The number of carbonyl (C=O) groups excluding carboxylic acids is 3. The Hall–Kier alpha value is -3.36. The Balaban J connectivity index is 1.63. The van der Waals surface area contributed by atoms with Crippen molar-refractivity contribution in [2.24, 2.45) is 0 Å². The summed E-state index contributed by atoms with van der Waals surface area (Å²) in [6, 6.07) is 8.32. The Kier molecular flexibility index (Phi) is 5.11. The molecule has 2 aromatic carbocycles. The molecule has 2 aromatic rings. The van der Waals surface area contributed by atoms with E-state index in [-0.39, 0.29) is 12.2 Å². The molecule has 0 aliphatic carbocycles. The number of urea groups is 1. The van der Waals surface area contributed by atoms with Crippen LogP contribution < -0.4 is 10.6 Å². The molecular formula is C18H14F3N3O3. The van der Waals surface area contributed by atoms with E-state index in [9.17, 15) is 27.6 Å². The van der Waals surface area contributed by atoms with Crippen molar-refractivity contribution in [3.8, 4) is 0 Å². The van der Waals surface area contributed by atoms with Gasteiger partial charge >= 0.3 is 6.03 Å². The summed E-state index contributed by atoms with van der Waals surface area (Å²) in [5.41, 5.74) is 0.442. The second-order valence-corrected chi connectivity index (χ2v) is 5.92. The quantitative estimate of drug-likeness (QED) is 0.621. The van der Waals surface area contributed by atoms with Crippen LogP contribution in [0.3, 0.4) is 0 Å². The number of amides is 4. The van der Waals surface area contributed by atoms with E-state index in [4.69, 9.17) is 0 Å². The second-order valence-electron chi connectivity index (χ2n) is 5.92. The Morgan fingerprint density at radius 2 is 1.70 bits per heavy atom. The molecule has 1 aliphatic heterocycles. The zero-order valence-electron chi connectivity index (χ0n) is 13.8. The molecule has 4 amide bonds. The minimum absolute atomic E-state index is 0.0536. The fourth-order valence-corrected chi connectivity index (χ4v) is 2.66. The third-order valence-electron chi connectivity index (χ3n) is 3.95. The van der Waals surface area contributed by atoms with Crippen LogP contribution in [0.1, 0.15) is 12.0 Å². The Morgan fingerprint density at radius 3 is 2.33 bits per heavy atom. The summed E-state index contributed by atoms with van der Waals surface area (Å²) in [4.78, 5) is 37.3. The topological polar surface area (TPSA) is 78.5 Å². The van der Waals surface area contributed by atoms with E-state index in [0.29, 0.717) is 12.1 Å². The van der Waals surface area contributed by atoms with Crippen LogP contribution in [0.4, 0.5) is 23.7 Å². The maximum absolute atomic E-state index is 13.2. The highest BCUT2D eigenvalue weighted by atomic mass is 19.2. The van der Waals surface area contributed by atoms with E-state index < -0.39 is 47.8 Å². The summed E-state index contributed by atoms with van der Waals surface area (Å²) in [6.45, 7) is 0.0536. The fourth-order valence-electron chi connectivity index (χ4n) is 2.66. The second kappa shape index (κ2) is 7.48. The van der Waals surface area contributed by atoms with Crippen molar-refractivity contribution in [2.45, 2.75) is 19.0 Å². The lowest BCUT2D eigenvalue weighted by Crippen LogP contribution is -2.34. The van der Waals surface area contributed by atoms with Crippen LogP contribution in [0.2, 0.25) is 0 Å². The van der Waals surface area contributed by atoms with Gasteiger partial charge in [0.2, 0.25) is 5.91 Å². The van der Waals surface area contributed by atoms with Crippen LogP contribution in [-0.4, -0.2) is 28.8 Å². The van der Waals surface area contributed by atoms with Crippen molar-refractivity contribution in [3.05, 3.63) is 65.5 Å². The van der Waals surface area contributed by atoms with E-state index >= 15 is 0 Å². The van der Waals surface area contributed by atoms with Gasteiger partial charge in [-0.2, -0.15) is 0 Å². The largest absolute Gasteiger partial charge is 0.326 e. The Labute approximate surface area is 152 Å². The van der Waals surface area contributed by atoms with Gasteiger partial charge in [0.15, 0.2) is 17.5 Å². The molecule has 1 aliphatic rings. The standard InChI is InChI=1S/C18H14F3N3O3/c19-12-6-11(7-13(20)16(12)21)22-15(25)8-14-17(26)24(18(27)23-14)9-10-4-2-1-3-5-10/h1-7,14H,8-9H2,(H,22,25)(H,23,27)/t14-/m0/s1. The molecule has 0 bridgehead atoms. The molecule has 1 fully saturated rings. The summed E-state index contributed by atoms with van der Waals surface area (Å²) < 4.78 is 39.3. The number of anilines is 1. The summed E-state index contributed by atoms with van der Waals surface area (Å²) >= 11 is 0. The van der Waals surface area contributed by atoms with Gasteiger partial charge < -0.3 is 10.6 Å². The highest BCUT2D eigenvalue weighted by Gasteiger charge is 2.39. The highest BCUT2D eigenvalue weighted by molar-refractivity contribution is 6.06. The van der Waals surface area contributed by atoms with E-state index in [0.717, 1.165) is 10.5 Å². The molecule has 0 unspecified atom stereocenters. The van der Waals surface area contributed by atoms with Crippen LogP contribution >= 0.6 is 0 Å². The molecule has 0 saturated carbocycles. The van der Waals surface area contributed by atoms with E-state index in [1.54, 1.807) is 30.3 Å². The monoisotopic (exact) mass is 377 g/mol. The molecule has 6 nitrogen and oxygen atoms in total. The normalized spacial score (nSPS) is 16.4. The smallest absolute Gasteiger partial charge is 0.325 e. The lowest BCUT2D eigenvalue weighted by molar-refractivity contribution is -0.130. The number of nitrogens with zero attached hydrogens (tertiary/aromatic N) is 1. The van der Waals surface area contributed by atoms with Crippen molar-refractivity contribution in [1.82, 2.24) is 10.2 Å². The van der Waals surface area contributed by atoms with Crippen molar-refractivity contribution in [1.29, 1.82) is 0 Å². The van der Waals surface area contributed by atoms with Gasteiger partial charge in [0.25, 0.3) is 5.91 Å². The van der Waals surface area contributed by atoms with Crippen LogP contribution in [0.25, 0.3) is 0 Å². The number of benzene rings is 2. The predicted molar refractivity (Wildman–Crippen MR) is 88.9 cm³/mol. The van der Waals surface area contributed by atoms with E-state index in [1.165, 1.54) is 0 Å². The average molecular weight is 377 g/mol. The molecule has 1 saturated heterocycles. The maximum atomic E-state index is 13.2. The average Bonchev–Trinajstić information content (AvgIpc) is 2.88. The minimum Gasteiger partial charge on any atom is -0.326 e. The molecular weight excluding hydrogens is 363 g/mol. The zero-order valence-corrected chi connectivity index (χ0v) is 13.8. The molecule has 1 heterocycles. The minimum atomic E-state index is -1.65. The molecule has 3 rings (SSSR count). The molecule has 9 heteroatoms. The lowest BCUT2D eigenvalue weighted by Gasteiger charge is -2.13. The molecule has 140 valence electrons. The number of nitrogens with one attached hydrogen (secondary N) is 2. The maximum Gasteiger partial charge on any atom is 0.325 e. The van der Waals surface area contributed by atoms with Crippen LogP contribution in [0, 0.1) is 17.5 Å². The van der Waals surface area contributed by atoms with Gasteiger partial charge in [0.1, 0.15) is 6.04 Å². The van der Waals surface area contributed by atoms with Crippen LogP contribution in [0.15, 0.2) is 42.5 Å². The van der Waals surface area contributed by atoms with Gasteiger partial charge in [-0.15, -0.1) is 0 Å². The number of hydrogen-bond acceptors (Lipinski definition) is 3. The third-order valence-corrected chi connectivity index (χ3v) is 3.95. The van der Waals surface area contributed by atoms with Gasteiger partial charge in [-0.3, -0.25) is 14.5 Å². The number of halogens is 3. The van der Waals surface area contributed by atoms with Crippen molar-refractivity contribution in [3.63, 3.8) is 0 Å². The van der Waals surface area contributed by atoms with Crippen molar-refractivity contribution >= 4 is 23.5 Å². The third kappa shape index (κ3) is 4.08. The molecule has 27 heavy (non-hydrogen) atoms. The predicted octanol–water partition coefficient (Wildman–Crippen LogP) is 2.55. The Morgan fingerprint density at radius 1 is 1.07 bits per heavy atom. The summed E-state index contributed by atoms with van der Waals surface area (Å²) in [7, 11) is 0. The number of imide groups is 1. The SMILES string of the molecule is O=C(C[C@@H]1NC(=O)N(Cc2ccccc2)C1=O)Nc1cc(F)c(F)c(F)c1. The first kappa shape index (κ1) is 18.4. The summed E-state index contributed by atoms with van der Waals surface area (Å²) in [5.74, 6) is -5.91. The number of rotatable bonds is 5. The van der Waals surface area contributed by atoms with Crippen LogP contribution in [0.5, 0.6) is 0 Å².